The van der Waals surface area contributed by atoms with Crippen LogP contribution in [-0.4, -0.2) is 5.91 Å². The summed E-state index contributed by atoms with van der Waals surface area (Å²) < 4.78 is 14.2. The highest BCUT2D eigenvalue weighted by Gasteiger charge is 2.13. The number of anilines is 2. The average molecular weight is 323 g/mol. The maximum absolute atomic E-state index is 13.6. The largest absolute Gasteiger partial charge is 0.399 e. The number of carbonyl (C=O) groups excluding carboxylic acids is 1. The summed E-state index contributed by atoms with van der Waals surface area (Å²) in [5.74, 6) is -1.04. The van der Waals surface area contributed by atoms with E-state index in [4.69, 9.17) is 5.73 Å². The average Bonchev–Trinajstić information content (AvgIpc) is 2.35. The molecule has 0 saturated heterocycles. The summed E-state index contributed by atoms with van der Waals surface area (Å²) in [6.07, 6.45) is 0. The Kier molecular flexibility index (Phi) is 3.85. The van der Waals surface area contributed by atoms with E-state index < -0.39 is 11.7 Å². The monoisotopic (exact) mass is 322 g/mol. The second-order valence-corrected chi connectivity index (χ2v) is 5.03. The quantitative estimate of drug-likeness (QED) is 0.828. The van der Waals surface area contributed by atoms with E-state index in [-0.39, 0.29) is 5.56 Å². The zero-order valence-electron chi connectivity index (χ0n) is 10.2. The lowest BCUT2D eigenvalue weighted by atomic mass is 10.1. The zero-order chi connectivity index (χ0) is 14.0. The van der Waals surface area contributed by atoms with Gasteiger partial charge in [-0.05, 0) is 53.2 Å². The van der Waals surface area contributed by atoms with E-state index in [0.29, 0.717) is 15.8 Å². The van der Waals surface area contributed by atoms with Crippen LogP contribution in [0.25, 0.3) is 0 Å². The fraction of sp³-hybridized carbons (Fsp3) is 0.0714. The van der Waals surface area contributed by atoms with E-state index in [9.17, 15) is 9.18 Å². The van der Waals surface area contributed by atoms with Gasteiger partial charge in [-0.15, -0.1) is 0 Å². The van der Waals surface area contributed by atoms with Gasteiger partial charge in [0.25, 0.3) is 5.91 Å². The molecule has 19 heavy (non-hydrogen) atoms. The highest BCUT2D eigenvalue weighted by atomic mass is 79.9. The molecule has 5 heteroatoms. The molecular weight excluding hydrogens is 311 g/mol. The molecule has 2 aromatic rings. The summed E-state index contributed by atoms with van der Waals surface area (Å²) in [5, 5.41) is 2.64. The molecule has 0 aliphatic rings. The van der Waals surface area contributed by atoms with Gasteiger partial charge in [0, 0.05) is 10.2 Å². The first-order valence-corrected chi connectivity index (χ1v) is 6.39. The number of carbonyl (C=O) groups is 1. The molecule has 0 spiro atoms. The molecule has 3 N–H and O–H groups in total. The molecule has 0 aliphatic carbocycles. The second-order valence-electron chi connectivity index (χ2n) is 4.18. The molecular formula is C14H12BrFN2O. The Bertz CT molecular complexity index is 643. The van der Waals surface area contributed by atoms with Crippen LogP contribution in [0.1, 0.15) is 15.9 Å². The van der Waals surface area contributed by atoms with Gasteiger partial charge < -0.3 is 11.1 Å². The first kappa shape index (κ1) is 13.5. The van der Waals surface area contributed by atoms with Crippen LogP contribution in [0.4, 0.5) is 15.8 Å². The molecule has 0 bridgehead atoms. The van der Waals surface area contributed by atoms with Crippen LogP contribution < -0.4 is 11.1 Å². The molecule has 2 rings (SSSR count). The van der Waals surface area contributed by atoms with Gasteiger partial charge in [-0.25, -0.2) is 4.39 Å². The fourth-order valence-electron chi connectivity index (χ4n) is 1.64. The van der Waals surface area contributed by atoms with Gasteiger partial charge in [0.05, 0.1) is 11.3 Å². The smallest absolute Gasteiger partial charge is 0.258 e. The van der Waals surface area contributed by atoms with E-state index in [2.05, 4.69) is 21.2 Å². The summed E-state index contributed by atoms with van der Waals surface area (Å²) in [6.45, 7) is 1.80. The first-order valence-electron chi connectivity index (χ1n) is 5.60. The number of nitrogens with one attached hydrogen (secondary N) is 1. The Hall–Kier alpha value is -1.88. The fourth-order valence-corrected chi connectivity index (χ4v) is 2.13. The maximum Gasteiger partial charge on any atom is 0.258 e. The number of nitrogen functional groups attached to an aromatic ring is 1. The number of amides is 1. The summed E-state index contributed by atoms with van der Waals surface area (Å²) in [6, 6.07) is 9.39. The molecule has 0 fully saturated rings. The molecule has 0 aromatic heterocycles. The SMILES string of the molecule is Cc1ccc(F)c(C(=O)Nc2ccc(N)cc2Br)c1. The number of benzene rings is 2. The van der Waals surface area contributed by atoms with Crippen molar-refractivity contribution in [3.8, 4) is 0 Å². The van der Waals surface area contributed by atoms with E-state index >= 15 is 0 Å². The van der Waals surface area contributed by atoms with E-state index in [1.807, 2.05) is 0 Å². The lowest BCUT2D eigenvalue weighted by molar-refractivity contribution is 0.102. The Morgan fingerprint density at radius 1 is 1.26 bits per heavy atom. The molecule has 0 heterocycles. The summed E-state index contributed by atoms with van der Waals surface area (Å²) in [7, 11) is 0. The Morgan fingerprint density at radius 2 is 2.00 bits per heavy atom. The van der Waals surface area contributed by atoms with E-state index in [0.717, 1.165) is 5.56 Å². The minimum Gasteiger partial charge on any atom is -0.399 e. The normalized spacial score (nSPS) is 10.3. The third-order valence-corrected chi connectivity index (χ3v) is 3.26. The van der Waals surface area contributed by atoms with Gasteiger partial charge in [-0.2, -0.15) is 0 Å². The number of halogens is 2. The third-order valence-electron chi connectivity index (χ3n) is 2.61. The van der Waals surface area contributed by atoms with Crippen molar-refractivity contribution in [1.82, 2.24) is 0 Å². The summed E-state index contributed by atoms with van der Waals surface area (Å²) in [5.41, 5.74) is 7.57. The van der Waals surface area contributed by atoms with Gasteiger partial charge in [0.2, 0.25) is 0 Å². The summed E-state index contributed by atoms with van der Waals surface area (Å²) >= 11 is 3.29. The molecule has 0 saturated carbocycles. The van der Waals surface area contributed by atoms with Crippen LogP contribution in [0.15, 0.2) is 40.9 Å². The Morgan fingerprint density at radius 3 is 2.68 bits per heavy atom. The van der Waals surface area contributed by atoms with Crippen molar-refractivity contribution in [3.63, 3.8) is 0 Å². The molecule has 1 amide bonds. The first-order chi connectivity index (χ1) is 8.97. The minimum absolute atomic E-state index is 0.0173. The van der Waals surface area contributed by atoms with Crippen molar-refractivity contribution in [1.29, 1.82) is 0 Å². The highest BCUT2D eigenvalue weighted by molar-refractivity contribution is 9.10. The lowest BCUT2D eigenvalue weighted by Crippen LogP contribution is -2.14. The molecule has 2 aromatic carbocycles. The molecule has 0 atom stereocenters. The number of rotatable bonds is 2. The molecule has 0 radical (unpaired) electrons. The van der Waals surface area contributed by atoms with Crippen molar-refractivity contribution in [2.24, 2.45) is 0 Å². The third kappa shape index (κ3) is 3.12. The number of hydrogen-bond donors (Lipinski definition) is 2. The number of hydrogen-bond acceptors (Lipinski definition) is 2. The number of nitrogens with two attached hydrogens (primary N) is 1. The van der Waals surface area contributed by atoms with Gasteiger partial charge in [0.1, 0.15) is 5.82 Å². The van der Waals surface area contributed by atoms with Crippen LogP contribution in [0.2, 0.25) is 0 Å². The lowest BCUT2D eigenvalue weighted by Gasteiger charge is -2.09. The minimum atomic E-state index is -0.547. The Labute approximate surface area is 118 Å². The van der Waals surface area contributed by atoms with Crippen molar-refractivity contribution in [2.75, 3.05) is 11.1 Å². The molecule has 98 valence electrons. The standard InChI is InChI=1S/C14H12BrFN2O/c1-8-2-4-12(16)10(6-8)14(19)18-13-5-3-9(17)7-11(13)15/h2-7H,17H2,1H3,(H,18,19). The van der Waals surface area contributed by atoms with Gasteiger partial charge in [-0.1, -0.05) is 11.6 Å². The second kappa shape index (κ2) is 5.40. The number of aryl methyl sites for hydroxylation is 1. The van der Waals surface area contributed by atoms with Crippen LogP contribution in [0, 0.1) is 12.7 Å². The van der Waals surface area contributed by atoms with Crippen molar-refractivity contribution >= 4 is 33.2 Å². The van der Waals surface area contributed by atoms with E-state index in [1.54, 1.807) is 31.2 Å². The molecule has 0 aliphatic heterocycles. The van der Waals surface area contributed by atoms with Crippen molar-refractivity contribution < 1.29 is 9.18 Å². The van der Waals surface area contributed by atoms with Crippen molar-refractivity contribution in [3.05, 3.63) is 57.8 Å². The van der Waals surface area contributed by atoms with Gasteiger partial charge >= 0.3 is 0 Å². The molecule has 3 nitrogen and oxygen atoms in total. The van der Waals surface area contributed by atoms with Crippen LogP contribution >= 0.6 is 15.9 Å². The maximum atomic E-state index is 13.6. The van der Waals surface area contributed by atoms with Crippen LogP contribution in [0.5, 0.6) is 0 Å². The molecule has 0 unspecified atom stereocenters. The zero-order valence-corrected chi connectivity index (χ0v) is 11.8. The predicted octanol–water partition coefficient (Wildman–Crippen LogP) is 3.73. The van der Waals surface area contributed by atoms with Crippen LogP contribution in [-0.2, 0) is 0 Å². The van der Waals surface area contributed by atoms with Crippen LogP contribution in [0.3, 0.4) is 0 Å². The van der Waals surface area contributed by atoms with Gasteiger partial charge in [-0.3, -0.25) is 4.79 Å². The highest BCUT2D eigenvalue weighted by Crippen LogP contribution is 2.25. The Balaban J connectivity index is 2.28. The van der Waals surface area contributed by atoms with Gasteiger partial charge in [0.15, 0.2) is 0 Å². The topological polar surface area (TPSA) is 55.1 Å². The van der Waals surface area contributed by atoms with E-state index in [1.165, 1.54) is 12.1 Å². The predicted molar refractivity (Wildman–Crippen MR) is 77.6 cm³/mol. The summed E-state index contributed by atoms with van der Waals surface area (Å²) in [4.78, 5) is 12.0. The van der Waals surface area contributed by atoms with Crippen molar-refractivity contribution in [2.45, 2.75) is 6.92 Å².